The Morgan fingerprint density at radius 2 is 1.14 bits per heavy atom. The molecule has 0 aromatic carbocycles. The normalized spacial score (nSPS) is 31.5. The zero-order chi connectivity index (χ0) is 15.1. The Bertz CT molecular complexity index is 522. The third-order valence-corrected chi connectivity index (χ3v) is 5.49. The van der Waals surface area contributed by atoms with Gasteiger partial charge >= 0.3 is 0 Å². The largest absolute Gasteiger partial charge is 0.400 e. The number of rotatable bonds is 2. The molecule has 0 unspecified atom stereocenters. The van der Waals surface area contributed by atoms with Crippen LogP contribution in [0.2, 0.25) is 0 Å². The number of hydrogen-bond acceptors (Lipinski definition) is 4. The van der Waals surface area contributed by atoms with Crippen LogP contribution in [0.3, 0.4) is 0 Å². The van der Waals surface area contributed by atoms with E-state index in [0.29, 0.717) is 5.92 Å². The first-order chi connectivity index (χ1) is 10.8. The van der Waals surface area contributed by atoms with Gasteiger partial charge in [0.15, 0.2) is 0 Å². The maximum atomic E-state index is 6.58. The van der Waals surface area contributed by atoms with Gasteiger partial charge in [0.2, 0.25) is 0 Å². The van der Waals surface area contributed by atoms with Crippen LogP contribution in [0.25, 0.3) is 0 Å². The second-order valence-electron chi connectivity index (χ2n) is 6.84. The molecule has 4 aliphatic rings. The average Bonchev–Trinajstić information content (AvgIpc) is 3.21. The van der Waals surface area contributed by atoms with E-state index in [1.165, 1.54) is 37.1 Å². The molecule has 0 saturated carbocycles. The molecule has 0 atom stereocenters. The second-order valence-corrected chi connectivity index (χ2v) is 6.84. The molecule has 2 fully saturated rings. The van der Waals surface area contributed by atoms with Crippen molar-refractivity contribution in [3.05, 3.63) is 47.1 Å². The quantitative estimate of drug-likeness (QED) is 0.817. The summed E-state index contributed by atoms with van der Waals surface area (Å²) in [6.07, 6.45) is 14.0. The van der Waals surface area contributed by atoms with Gasteiger partial charge in [-0.25, -0.2) is 0 Å². The number of fused-ring (bicyclic) bond motifs is 1. The first-order valence-corrected chi connectivity index (χ1v) is 8.61. The zero-order valence-electron chi connectivity index (χ0n) is 13.2. The molecule has 2 aliphatic carbocycles. The lowest BCUT2D eigenvalue weighted by Crippen LogP contribution is -2.37. The fraction of sp³-hybridized carbons (Fsp3) is 0.556. The number of nitrogens with two attached hydrogens (primary N) is 2. The molecule has 0 bridgehead atoms. The van der Waals surface area contributed by atoms with E-state index in [4.69, 9.17) is 11.5 Å². The summed E-state index contributed by atoms with van der Waals surface area (Å²) in [5, 5.41) is 0. The predicted octanol–water partition coefficient (Wildman–Crippen LogP) is 1.89. The Balaban J connectivity index is 1.68. The van der Waals surface area contributed by atoms with Crippen molar-refractivity contribution < 1.29 is 0 Å². The molecule has 2 saturated heterocycles. The molecule has 0 aromatic heterocycles. The van der Waals surface area contributed by atoms with Gasteiger partial charge in [0.25, 0.3) is 0 Å². The fourth-order valence-electron chi connectivity index (χ4n) is 4.28. The van der Waals surface area contributed by atoms with Gasteiger partial charge in [0.05, 0.1) is 17.3 Å². The van der Waals surface area contributed by atoms with Crippen molar-refractivity contribution in [3.8, 4) is 0 Å². The SMILES string of the molecule is NC1=C(N2CCCC2)C=CC2C=CC(N3CCCC3)=C(N)C12. The molecule has 0 radical (unpaired) electrons. The van der Waals surface area contributed by atoms with Crippen molar-refractivity contribution in [1.82, 2.24) is 9.80 Å². The van der Waals surface area contributed by atoms with Crippen LogP contribution >= 0.6 is 0 Å². The molecule has 4 nitrogen and oxygen atoms in total. The fourth-order valence-corrected chi connectivity index (χ4v) is 4.28. The maximum Gasteiger partial charge on any atom is 0.0561 e. The minimum absolute atomic E-state index is 0.140. The van der Waals surface area contributed by atoms with E-state index in [0.717, 1.165) is 37.6 Å². The van der Waals surface area contributed by atoms with Crippen molar-refractivity contribution in [2.24, 2.45) is 23.3 Å². The van der Waals surface area contributed by atoms with Crippen molar-refractivity contribution in [3.63, 3.8) is 0 Å². The van der Waals surface area contributed by atoms with Gasteiger partial charge in [-0.05, 0) is 37.8 Å². The van der Waals surface area contributed by atoms with E-state index < -0.39 is 0 Å². The van der Waals surface area contributed by atoms with Crippen LogP contribution in [0.15, 0.2) is 47.1 Å². The summed E-state index contributed by atoms with van der Waals surface area (Å²) < 4.78 is 0. The lowest BCUT2D eigenvalue weighted by molar-refractivity contribution is 0.396. The molecule has 4 N–H and O–H groups in total. The summed E-state index contributed by atoms with van der Waals surface area (Å²) in [6, 6.07) is 0. The zero-order valence-corrected chi connectivity index (χ0v) is 13.2. The molecular weight excluding hydrogens is 272 g/mol. The van der Waals surface area contributed by atoms with Gasteiger partial charge in [-0.2, -0.15) is 0 Å². The molecule has 2 aliphatic heterocycles. The third-order valence-electron chi connectivity index (χ3n) is 5.49. The average molecular weight is 298 g/mol. The van der Waals surface area contributed by atoms with Gasteiger partial charge < -0.3 is 21.3 Å². The molecule has 118 valence electrons. The van der Waals surface area contributed by atoms with Crippen molar-refractivity contribution in [2.45, 2.75) is 25.7 Å². The monoisotopic (exact) mass is 298 g/mol. The first-order valence-electron chi connectivity index (χ1n) is 8.61. The molecular formula is C18H26N4. The van der Waals surface area contributed by atoms with Crippen molar-refractivity contribution in [2.75, 3.05) is 26.2 Å². The van der Waals surface area contributed by atoms with E-state index in [-0.39, 0.29) is 5.92 Å². The van der Waals surface area contributed by atoms with Crippen LogP contribution in [0.5, 0.6) is 0 Å². The van der Waals surface area contributed by atoms with Crippen molar-refractivity contribution in [1.29, 1.82) is 0 Å². The van der Waals surface area contributed by atoms with Gasteiger partial charge in [-0.15, -0.1) is 0 Å². The highest BCUT2D eigenvalue weighted by Gasteiger charge is 2.34. The number of allylic oxidation sites excluding steroid dienone is 4. The van der Waals surface area contributed by atoms with Gasteiger partial charge in [-0.1, -0.05) is 12.2 Å². The summed E-state index contributed by atoms with van der Waals surface area (Å²) >= 11 is 0. The summed E-state index contributed by atoms with van der Waals surface area (Å²) in [5.41, 5.74) is 17.5. The highest BCUT2D eigenvalue weighted by atomic mass is 15.2. The Labute approximate surface area is 132 Å². The molecule has 0 spiro atoms. The van der Waals surface area contributed by atoms with Crippen molar-refractivity contribution >= 4 is 0 Å². The molecule has 4 rings (SSSR count). The van der Waals surface area contributed by atoms with Crippen LogP contribution in [-0.2, 0) is 0 Å². The van der Waals surface area contributed by atoms with E-state index in [2.05, 4.69) is 34.1 Å². The van der Waals surface area contributed by atoms with Crippen LogP contribution in [0.1, 0.15) is 25.7 Å². The minimum atomic E-state index is 0.140. The van der Waals surface area contributed by atoms with E-state index in [1.807, 2.05) is 0 Å². The third kappa shape index (κ3) is 2.13. The lowest BCUT2D eigenvalue weighted by Gasteiger charge is -2.36. The van der Waals surface area contributed by atoms with Gasteiger partial charge in [0, 0.05) is 43.5 Å². The Hall–Kier alpha value is -1.84. The van der Waals surface area contributed by atoms with Crippen LogP contribution in [0, 0.1) is 11.8 Å². The number of likely N-dealkylation sites (tertiary alicyclic amines) is 2. The predicted molar refractivity (Wildman–Crippen MR) is 89.3 cm³/mol. The minimum Gasteiger partial charge on any atom is -0.400 e. The van der Waals surface area contributed by atoms with E-state index in [1.54, 1.807) is 0 Å². The summed E-state index contributed by atoms with van der Waals surface area (Å²) in [5.74, 6) is 0.457. The Kier molecular flexibility index (Phi) is 3.40. The summed E-state index contributed by atoms with van der Waals surface area (Å²) in [7, 11) is 0. The van der Waals surface area contributed by atoms with Crippen LogP contribution < -0.4 is 11.5 Å². The molecule has 2 heterocycles. The lowest BCUT2D eigenvalue weighted by atomic mass is 9.78. The summed E-state index contributed by atoms with van der Waals surface area (Å²) in [6.45, 7) is 4.48. The molecule has 0 amide bonds. The smallest absolute Gasteiger partial charge is 0.0561 e. The van der Waals surface area contributed by atoms with Crippen LogP contribution in [0.4, 0.5) is 0 Å². The van der Waals surface area contributed by atoms with Crippen LogP contribution in [-0.4, -0.2) is 36.0 Å². The molecule has 0 aromatic rings. The highest BCUT2D eigenvalue weighted by molar-refractivity contribution is 5.43. The van der Waals surface area contributed by atoms with E-state index >= 15 is 0 Å². The number of nitrogens with zero attached hydrogens (tertiary/aromatic N) is 2. The topological polar surface area (TPSA) is 58.5 Å². The Morgan fingerprint density at radius 1 is 0.727 bits per heavy atom. The highest BCUT2D eigenvalue weighted by Crippen LogP contribution is 2.39. The Morgan fingerprint density at radius 3 is 1.55 bits per heavy atom. The number of hydrogen-bond donors (Lipinski definition) is 2. The van der Waals surface area contributed by atoms with E-state index in [9.17, 15) is 0 Å². The van der Waals surface area contributed by atoms with Gasteiger partial charge in [-0.3, -0.25) is 0 Å². The maximum absolute atomic E-state index is 6.58. The molecule has 4 heteroatoms. The molecule has 22 heavy (non-hydrogen) atoms. The first kappa shape index (κ1) is 13.8. The summed E-state index contributed by atoms with van der Waals surface area (Å²) in [4.78, 5) is 4.84. The standard InChI is InChI=1S/C18H26N4/c19-17-14(21-9-1-2-10-21)7-5-13-6-8-15(18(20)16(13)17)22-11-3-4-12-22/h5-8,13,16H,1-4,9-12,19-20H2. The van der Waals surface area contributed by atoms with Gasteiger partial charge in [0.1, 0.15) is 0 Å². The second kappa shape index (κ2) is 5.41.